The van der Waals surface area contributed by atoms with E-state index in [1.54, 1.807) is 12.1 Å². The third-order valence-electron chi connectivity index (χ3n) is 4.85. The van der Waals surface area contributed by atoms with Gasteiger partial charge in [0.2, 0.25) is 0 Å². The lowest BCUT2D eigenvalue weighted by atomic mass is 10.00. The summed E-state index contributed by atoms with van der Waals surface area (Å²) >= 11 is 0. The van der Waals surface area contributed by atoms with Crippen molar-refractivity contribution < 1.29 is 19.4 Å². The van der Waals surface area contributed by atoms with Crippen molar-refractivity contribution >= 4 is 11.9 Å². The van der Waals surface area contributed by atoms with E-state index in [1.807, 2.05) is 0 Å². The van der Waals surface area contributed by atoms with Crippen LogP contribution in [0.5, 0.6) is 0 Å². The molecular formula is C23H36O4. The molecule has 0 fully saturated rings. The minimum atomic E-state index is -1.10. The molecule has 0 heterocycles. The molecule has 152 valence electrons. The van der Waals surface area contributed by atoms with E-state index in [0.717, 1.165) is 32.1 Å². The molecule has 0 aliphatic heterocycles. The number of esters is 1. The molecular weight excluding hydrogens is 340 g/mol. The molecule has 1 N–H and O–H groups in total. The van der Waals surface area contributed by atoms with Gasteiger partial charge in [0.25, 0.3) is 0 Å². The number of carboxylic acids is 1. The molecule has 0 saturated heterocycles. The van der Waals surface area contributed by atoms with Crippen LogP contribution in [0.2, 0.25) is 0 Å². The van der Waals surface area contributed by atoms with Crippen molar-refractivity contribution in [2.75, 3.05) is 0 Å². The van der Waals surface area contributed by atoms with Gasteiger partial charge < -0.3 is 9.84 Å². The Kier molecular flexibility index (Phi) is 11.5. The van der Waals surface area contributed by atoms with E-state index in [2.05, 4.69) is 20.8 Å². The van der Waals surface area contributed by atoms with E-state index in [9.17, 15) is 14.7 Å². The van der Waals surface area contributed by atoms with Crippen LogP contribution in [0.3, 0.4) is 0 Å². The van der Waals surface area contributed by atoms with E-state index in [1.165, 1.54) is 44.2 Å². The Bertz CT molecular complexity index is 565. The number of hydrogen-bond acceptors (Lipinski definition) is 3. The van der Waals surface area contributed by atoms with Crippen LogP contribution in [0.4, 0.5) is 0 Å². The van der Waals surface area contributed by atoms with Gasteiger partial charge in [-0.25, -0.2) is 9.59 Å². The molecule has 1 aromatic carbocycles. The van der Waals surface area contributed by atoms with E-state index in [0.29, 0.717) is 5.92 Å². The fourth-order valence-electron chi connectivity index (χ4n) is 3.17. The van der Waals surface area contributed by atoms with Crippen LogP contribution in [-0.4, -0.2) is 23.1 Å². The Hall–Kier alpha value is -1.84. The molecule has 0 aliphatic carbocycles. The number of unbranched alkanes of at least 4 members (excludes halogenated alkanes) is 6. The largest absolute Gasteiger partial charge is 0.478 e. The summed E-state index contributed by atoms with van der Waals surface area (Å²) in [5.41, 5.74) is 0.139. The Morgan fingerprint density at radius 1 is 0.889 bits per heavy atom. The summed E-state index contributed by atoms with van der Waals surface area (Å²) < 4.78 is 5.72. The number of hydrogen-bond donors (Lipinski definition) is 1. The smallest absolute Gasteiger partial charge is 0.339 e. The standard InChI is InChI=1S/C23H36O4/c1-4-5-6-7-8-9-10-13-19(17-16-18(2)3)27-23(26)21-15-12-11-14-20(21)22(24)25/h11-12,14-15,18-19H,4-10,13,16-17H2,1-3H3,(H,24,25). The molecule has 1 rings (SSSR count). The zero-order valence-corrected chi connectivity index (χ0v) is 17.2. The van der Waals surface area contributed by atoms with Gasteiger partial charge in [-0.1, -0.05) is 71.4 Å². The maximum absolute atomic E-state index is 12.5. The van der Waals surface area contributed by atoms with Crippen molar-refractivity contribution in [2.45, 2.75) is 91.1 Å². The van der Waals surface area contributed by atoms with Crippen molar-refractivity contribution in [2.24, 2.45) is 5.92 Å². The molecule has 0 aliphatic rings. The minimum Gasteiger partial charge on any atom is -0.478 e. The number of carbonyl (C=O) groups excluding carboxylic acids is 1. The van der Waals surface area contributed by atoms with Gasteiger partial charge in [0.15, 0.2) is 0 Å². The van der Waals surface area contributed by atoms with Gasteiger partial charge in [0.05, 0.1) is 11.1 Å². The van der Waals surface area contributed by atoms with E-state index >= 15 is 0 Å². The first-order valence-corrected chi connectivity index (χ1v) is 10.5. The van der Waals surface area contributed by atoms with Crippen molar-refractivity contribution in [1.29, 1.82) is 0 Å². The van der Waals surface area contributed by atoms with Crippen LogP contribution in [-0.2, 0) is 4.74 Å². The second-order valence-electron chi connectivity index (χ2n) is 7.76. The fraction of sp³-hybridized carbons (Fsp3) is 0.652. The van der Waals surface area contributed by atoms with E-state index in [-0.39, 0.29) is 17.2 Å². The first kappa shape index (κ1) is 23.2. The predicted molar refractivity (Wildman–Crippen MR) is 109 cm³/mol. The fourth-order valence-corrected chi connectivity index (χ4v) is 3.17. The van der Waals surface area contributed by atoms with Crippen LogP contribution in [0, 0.1) is 5.92 Å². The number of carboxylic acid groups (broad SMARTS) is 1. The molecule has 0 spiro atoms. The Morgan fingerprint density at radius 2 is 1.48 bits per heavy atom. The Labute approximate surface area is 164 Å². The quantitative estimate of drug-likeness (QED) is 0.298. The van der Waals surface area contributed by atoms with Gasteiger partial charge in [0.1, 0.15) is 6.10 Å². The Morgan fingerprint density at radius 3 is 2.07 bits per heavy atom. The van der Waals surface area contributed by atoms with Gasteiger partial charge in [-0.15, -0.1) is 0 Å². The predicted octanol–water partition coefficient (Wildman–Crippen LogP) is 6.49. The highest BCUT2D eigenvalue weighted by molar-refractivity contribution is 6.02. The summed E-state index contributed by atoms with van der Waals surface area (Å²) in [6.45, 7) is 6.54. The lowest BCUT2D eigenvalue weighted by Gasteiger charge is -2.19. The van der Waals surface area contributed by atoms with Crippen LogP contribution < -0.4 is 0 Å². The molecule has 1 unspecified atom stereocenters. The van der Waals surface area contributed by atoms with Crippen LogP contribution >= 0.6 is 0 Å². The third kappa shape index (κ3) is 9.60. The average Bonchev–Trinajstić information content (AvgIpc) is 2.64. The van der Waals surface area contributed by atoms with Gasteiger partial charge in [-0.2, -0.15) is 0 Å². The van der Waals surface area contributed by atoms with Crippen LogP contribution in [0.25, 0.3) is 0 Å². The second-order valence-corrected chi connectivity index (χ2v) is 7.76. The molecule has 4 heteroatoms. The number of ether oxygens (including phenoxy) is 1. The molecule has 0 bridgehead atoms. The van der Waals surface area contributed by atoms with Crippen LogP contribution in [0.1, 0.15) is 106 Å². The van der Waals surface area contributed by atoms with Gasteiger partial charge in [-0.3, -0.25) is 0 Å². The third-order valence-corrected chi connectivity index (χ3v) is 4.85. The summed E-state index contributed by atoms with van der Waals surface area (Å²) in [6.07, 6.45) is 11.1. The SMILES string of the molecule is CCCCCCCCCC(CCC(C)C)OC(=O)c1ccccc1C(=O)O. The highest BCUT2D eigenvalue weighted by Gasteiger charge is 2.21. The van der Waals surface area contributed by atoms with Gasteiger partial charge in [0, 0.05) is 0 Å². The molecule has 27 heavy (non-hydrogen) atoms. The monoisotopic (exact) mass is 376 g/mol. The summed E-state index contributed by atoms with van der Waals surface area (Å²) in [4.78, 5) is 23.9. The van der Waals surface area contributed by atoms with Crippen molar-refractivity contribution in [3.8, 4) is 0 Å². The number of benzene rings is 1. The molecule has 0 aromatic heterocycles. The van der Waals surface area contributed by atoms with Crippen molar-refractivity contribution in [3.63, 3.8) is 0 Å². The summed E-state index contributed by atoms with van der Waals surface area (Å²) in [7, 11) is 0. The van der Waals surface area contributed by atoms with E-state index < -0.39 is 11.9 Å². The van der Waals surface area contributed by atoms with E-state index in [4.69, 9.17) is 4.74 Å². The van der Waals surface area contributed by atoms with Crippen molar-refractivity contribution in [1.82, 2.24) is 0 Å². The summed E-state index contributed by atoms with van der Waals surface area (Å²) in [5, 5.41) is 9.28. The number of carbonyl (C=O) groups is 2. The summed E-state index contributed by atoms with van der Waals surface area (Å²) in [6, 6.07) is 6.26. The summed E-state index contributed by atoms with van der Waals surface area (Å²) in [5.74, 6) is -1.08. The lowest BCUT2D eigenvalue weighted by molar-refractivity contribution is 0.0237. The maximum Gasteiger partial charge on any atom is 0.339 e. The zero-order chi connectivity index (χ0) is 20.1. The average molecular weight is 377 g/mol. The van der Waals surface area contributed by atoms with Crippen molar-refractivity contribution in [3.05, 3.63) is 35.4 Å². The highest BCUT2D eigenvalue weighted by atomic mass is 16.5. The Balaban J connectivity index is 2.58. The number of aromatic carboxylic acids is 1. The first-order valence-electron chi connectivity index (χ1n) is 10.5. The highest BCUT2D eigenvalue weighted by Crippen LogP contribution is 2.19. The zero-order valence-electron chi connectivity index (χ0n) is 17.2. The topological polar surface area (TPSA) is 63.6 Å². The molecule has 0 saturated carbocycles. The molecule has 0 radical (unpaired) electrons. The molecule has 4 nitrogen and oxygen atoms in total. The maximum atomic E-state index is 12.5. The number of rotatable bonds is 14. The minimum absolute atomic E-state index is 0.000957. The van der Waals surface area contributed by atoms with Gasteiger partial charge in [-0.05, 0) is 43.7 Å². The molecule has 1 atom stereocenters. The second kappa shape index (κ2) is 13.3. The normalized spacial score (nSPS) is 12.1. The van der Waals surface area contributed by atoms with Gasteiger partial charge >= 0.3 is 11.9 Å². The van der Waals surface area contributed by atoms with Crippen LogP contribution in [0.15, 0.2) is 24.3 Å². The first-order chi connectivity index (χ1) is 13.0. The molecule has 1 aromatic rings. The lowest BCUT2D eigenvalue weighted by Crippen LogP contribution is -2.21. The molecule has 0 amide bonds.